The molecule has 1 aliphatic heterocycles. The molecule has 0 spiro atoms. The summed E-state index contributed by atoms with van der Waals surface area (Å²) in [5.41, 5.74) is 4.21. The van der Waals surface area contributed by atoms with Crippen molar-refractivity contribution in [2.24, 2.45) is 5.92 Å². The Kier molecular flexibility index (Phi) is 5.90. The van der Waals surface area contributed by atoms with E-state index in [0.29, 0.717) is 22.8 Å². The molecule has 1 saturated heterocycles. The molecular formula is C24H24F3N9O2. The lowest BCUT2D eigenvalue weighted by atomic mass is 10.1. The lowest BCUT2D eigenvalue weighted by Gasteiger charge is -2.12. The zero-order valence-corrected chi connectivity index (χ0v) is 20.6. The summed E-state index contributed by atoms with van der Waals surface area (Å²) < 4.78 is 53.6. The van der Waals surface area contributed by atoms with Gasteiger partial charge < -0.3 is 19.4 Å². The summed E-state index contributed by atoms with van der Waals surface area (Å²) in [5.74, 6) is 1.76. The van der Waals surface area contributed by atoms with Crippen molar-refractivity contribution in [3.8, 4) is 17.0 Å². The number of fused-ring (bicyclic) bond motifs is 2. The first kappa shape index (κ1) is 24.2. The number of ether oxygens (including phenoxy) is 2. The minimum absolute atomic E-state index is 0.143. The minimum atomic E-state index is -4.37. The summed E-state index contributed by atoms with van der Waals surface area (Å²) in [4.78, 5) is 13.7. The smallest absolute Gasteiger partial charge is 0.408 e. The van der Waals surface area contributed by atoms with E-state index >= 15 is 0 Å². The van der Waals surface area contributed by atoms with Crippen LogP contribution in [0.15, 0.2) is 36.9 Å². The zero-order chi connectivity index (χ0) is 26.4. The van der Waals surface area contributed by atoms with Gasteiger partial charge in [-0.2, -0.15) is 23.3 Å². The van der Waals surface area contributed by atoms with Crippen molar-refractivity contribution in [1.29, 1.82) is 0 Å². The average Bonchev–Trinajstić information content (AvgIpc) is 3.66. The monoisotopic (exact) mass is 527 g/mol. The molecule has 1 fully saturated rings. The van der Waals surface area contributed by atoms with Crippen LogP contribution in [0.25, 0.3) is 27.8 Å². The fourth-order valence-electron chi connectivity index (χ4n) is 4.73. The lowest BCUT2D eigenvalue weighted by Crippen LogP contribution is -2.17. The first-order valence-electron chi connectivity index (χ1n) is 12.0. The van der Waals surface area contributed by atoms with Gasteiger partial charge in [-0.15, -0.1) is 5.10 Å². The highest BCUT2D eigenvalue weighted by molar-refractivity contribution is 5.88. The standard InChI is InChI=1S/C24H24F3N9O2/c1-14-30-21-19(35(14)10-15-4-6-38-12-15)7-16(8-28-21)18-3-5-36-20(18)22(37-2)32-23(33-36)31-17-9-29-34(11-17)13-24(25,26)27/h3,5,7-9,11,15H,4,6,10,12-13H2,1-2H3,(H,31,33). The summed E-state index contributed by atoms with van der Waals surface area (Å²) in [7, 11) is 1.49. The topological polar surface area (TPSA) is 109 Å². The molecule has 6 rings (SSSR count). The quantitative estimate of drug-likeness (QED) is 0.338. The van der Waals surface area contributed by atoms with Crippen LogP contribution in [0.4, 0.5) is 24.8 Å². The molecule has 0 aromatic carbocycles. The van der Waals surface area contributed by atoms with E-state index in [-0.39, 0.29) is 11.8 Å². The highest BCUT2D eigenvalue weighted by atomic mass is 19.4. The highest BCUT2D eigenvalue weighted by Crippen LogP contribution is 2.33. The predicted octanol–water partition coefficient (Wildman–Crippen LogP) is 4.00. The van der Waals surface area contributed by atoms with E-state index in [0.717, 1.165) is 53.3 Å². The molecule has 1 unspecified atom stereocenters. The average molecular weight is 528 g/mol. The molecule has 5 aromatic rings. The number of aryl methyl sites for hydroxylation is 1. The van der Waals surface area contributed by atoms with Crippen molar-refractivity contribution >= 4 is 28.3 Å². The third-order valence-electron chi connectivity index (χ3n) is 6.48. The fourth-order valence-corrected chi connectivity index (χ4v) is 4.73. The van der Waals surface area contributed by atoms with Gasteiger partial charge in [0, 0.05) is 48.8 Å². The van der Waals surface area contributed by atoms with Gasteiger partial charge in [0.15, 0.2) is 5.65 Å². The Morgan fingerprint density at radius 3 is 2.87 bits per heavy atom. The number of alkyl halides is 3. The number of pyridine rings is 1. The second-order valence-corrected chi connectivity index (χ2v) is 9.20. The molecule has 0 amide bonds. The van der Waals surface area contributed by atoms with E-state index in [9.17, 15) is 13.2 Å². The molecule has 1 N–H and O–H groups in total. The molecule has 11 nitrogen and oxygen atoms in total. The molecule has 14 heteroatoms. The molecule has 0 bridgehead atoms. The van der Waals surface area contributed by atoms with Gasteiger partial charge in [0.2, 0.25) is 11.8 Å². The third-order valence-corrected chi connectivity index (χ3v) is 6.48. The third kappa shape index (κ3) is 4.62. The zero-order valence-electron chi connectivity index (χ0n) is 20.6. The van der Waals surface area contributed by atoms with Gasteiger partial charge in [-0.05, 0) is 25.5 Å². The number of imidazole rings is 1. The van der Waals surface area contributed by atoms with Gasteiger partial charge in [0.05, 0.1) is 31.1 Å². The number of methoxy groups -OCH3 is 1. The second-order valence-electron chi connectivity index (χ2n) is 9.20. The number of nitrogens with one attached hydrogen (secondary N) is 1. The van der Waals surface area contributed by atoms with Crippen LogP contribution >= 0.6 is 0 Å². The lowest BCUT2D eigenvalue weighted by molar-refractivity contribution is -0.142. The molecule has 1 aliphatic rings. The van der Waals surface area contributed by atoms with Crippen LogP contribution in [-0.2, 0) is 17.8 Å². The number of halogens is 3. The Labute approximate surface area is 214 Å². The number of rotatable bonds is 7. The first-order valence-corrected chi connectivity index (χ1v) is 12.0. The van der Waals surface area contributed by atoms with Crippen LogP contribution in [0.2, 0.25) is 0 Å². The van der Waals surface area contributed by atoms with Crippen LogP contribution in [0.1, 0.15) is 12.2 Å². The molecule has 198 valence electrons. The fraction of sp³-hybridized carbons (Fsp3) is 0.375. The summed E-state index contributed by atoms with van der Waals surface area (Å²) in [6.45, 7) is 3.12. The van der Waals surface area contributed by atoms with E-state index in [1.165, 1.54) is 19.5 Å². The van der Waals surface area contributed by atoms with Crippen LogP contribution in [-0.4, -0.2) is 65.4 Å². The van der Waals surface area contributed by atoms with Crippen molar-refractivity contribution in [3.63, 3.8) is 0 Å². The predicted molar refractivity (Wildman–Crippen MR) is 131 cm³/mol. The molecular weight excluding hydrogens is 503 g/mol. The Balaban J connectivity index is 1.33. The van der Waals surface area contributed by atoms with Gasteiger partial charge in [0.1, 0.15) is 17.9 Å². The summed E-state index contributed by atoms with van der Waals surface area (Å²) >= 11 is 0. The molecule has 0 aliphatic carbocycles. The molecule has 0 saturated carbocycles. The number of hydrogen-bond donors (Lipinski definition) is 1. The summed E-state index contributed by atoms with van der Waals surface area (Å²) in [6, 6.07) is 3.94. The van der Waals surface area contributed by atoms with Crippen molar-refractivity contribution in [1.82, 2.24) is 38.9 Å². The largest absolute Gasteiger partial charge is 0.479 e. The van der Waals surface area contributed by atoms with Gasteiger partial charge in [-0.25, -0.2) is 14.5 Å². The second kappa shape index (κ2) is 9.28. The van der Waals surface area contributed by atoms with E-state index in [1.54, 1.807) is 16.9 Å². The van der Waals surface area contributed by atoms with Crippen molar-refractivity contribution in [3.05, 3.63) is 42.7 Å². The Bertz CT molecular complexity index is 1620. The van der Waals surface area contributed by atoms with Gasteiger partial charge in [0.25, 0.3) is 0 Å². The summed E-state index contributed by atoms with van der Waals surface area (Å²) in [6.07, 6.45) is 2.67. The van der Waals surface area contributed by atoms with Gasteiger partial charge in [-0.3, -0.25) is 4.68 Å². The normalized spacial score (nSPS) is 16.1. The Morgan fingerprint density at radius 2 is 2.11 bits per heavy atom. The molecule has 5 aromatic heterocycles. The highest BCUT2D eigenvalue weighted by Gasteiger charge is 2.28. The van der Waals surface area contributed by atoms with Gasteiger partial charge in [-0.1, -0.05) is 0 Å². The number of anilines is 2. The SMILES string of the molecule is COc1nc(Nc2cnn(CC(F)(F)F)c2)nn2ccc(-c3cnc4nc(C)n(CC5CCOC5)c4c3)c12. The van der Waals surface area contributed by atoms with E-state index in [4.69, 9.17) is 9.47 Å². The number of aromatic nitrogens is 8. The number of nitrogens with zero attached hydrogens (tertiary/aromatic N) is 8. The van der Waals surface area contributed by atoms with Crippen LogP contribution in [0.3, 0.4) is 0 Å². The van der Waals surface area contributed by atoms with E-state index < -0.39 is 12.7 Å². The van der Waals surface area contributed by atoms with Gasteiger partial charge >= 0.3 is 6.18 Å². The maximum absolute atomic E-state index is 12.7. The maximum atomic E-state index is 12.7. The van der Waals surface area contributed by atoms with E-state index in [1.807, 2.05) is 19.1 Å². The Morgan fingerprint density at radius 1 is 1.24 bits per heavy atom. The Hall–Kier alpha value is -4.20. The minimum Gasteiger partial charge on any atom is -0.479 e. The maximum Gasteiger partial charge on any atom is 0.408 e. The molecule has 1 atom stereocenters. The van der Waals surface area contributed by atoms with Crippen molar-refractivity contribution in [2.75, 3.05) is 25.6 Å². The van der Waals surface area contributed by atoms with Crippen LogP contribution < -0.4 is 10.1 Å². The van der Waals surface area contributed by atoms with Crippen molar-refractivity contribution in [2.45, 2.75) is 32.6 Å². The number of hydrogen-bond acceptors (Lipinski definition) is 8. The molecule has 0 radical (unpaired) electrons. The molecule has 6 heterocycles. The van der Waals surface area contributed by atoms with Crippen LogP contribution in [0.5, 0.6) is 5.88 Å². The summed E-state index contributed by atoms with van der Waals surface area (Å²) in [5, 5.41) is 11.1. The van der Waals surface area contributed by atoms with Crippen molar-refractivity contribution < 1.29 is 22.6 Å². The van der Waals surface area contributed by atoms with E-state index in [2.05, 4.69) is 35.0 Å². The molecule has 38 heavy (non-hydrogen) atoms. The first-order chi connectivity index (χ1) is 18.3. The van der Waals surface area contributed by atoms with Crippen LogP contribution in [0, 0.1) is 12.8 Å².